The zero-order chi connectivity index (χ0) is 61.5. The van der Waals surface area contributed by atoms with E-state index in [0.29, 0.717) is 0 Å². The van der Waals surface area contributed by atoms with Crippen LogP contribution in [0.3, 0.4) is 0 Å². The molecule has 0 atom stereocenters. The minimum Gasteiger partial charge on any atom is -0.311 e. The fraction of sp³-hybridized carbons (Fsp3) is 0.0345. The van der Waals surface area contributed by atoms with E-state index in [1.165, 1.54) is 27.8 Å². The van der Waals surface area contributed by atoms with E-state index in [2.05, 4.69) is 398 Å². The first kappa shape index (κ1) is 57.0. The van der Waals surface area contributed by atoms with Crippen molar-refractivity contribution >= 4 is 68.2 Å². The van der Waals surface area contributed by atoms with Crippen LogP contribution in [-0.2, 0) is 0 Å². The molecule has 0 fully saturated rings. The Labute approximate surface area is 535 Å². The van der Waals surface area contributed by atoms with Gasteiger partial charge in [0.05, 0.1) is 0 Å². The first-order chi connectivity index (χ1) is 44.8. The summed E-state index contributed by atoms with van der Waals surface area (Å²) in [4.78, 5) is 9.31. The summed E-state index contributed by atoms with van der Waals surface area (Å²) in [5.74, 6) is 0. The zero-order valence-electron chi connectivity index (χ0n) is 51.4. The summed E-state index contributed by atoms with van der Waals surface area (Å²) < 4.78 is 0. The first-order valence-electron chi connectivity index (χ1n) is 31.2. The number of benzene rings is 14. The SMILES string of the molecule is Cc1ccc(-c2cc(-c3ccc(N(c4ccccc4)c4ccc(-c5ccc(N(c6ccccc6)c6cccc(C)c6)cc5)cc4)cc3)cc(-c3ccc(N(c4ccccc4)c4ccc(-c5ccc(N(c6ccccc6)c6cccc(C)c6)cc5)cc4)cc3)c2)cc1. The summed E-state index contributed by atoms with van der Waals surface area (Å²) in [6.07, 6.45) is 0. The molecule has 14 aromatic rings. The van der Waals surface area contributed by atoms with Crippen LogP contribution in [0.25, 0.3) is 55.6 Å². The van der Waals surface area contributed by atoms with Gasteiger partial charge in [0.2, 0.25) is 0 Å². The second-order valence-electron chi connectivity index (χ2n) is 23.3. The van der Waals surface area contributed by atoms with E-state index in [9.17, 15) is 0 Å². The van der Waals surface area contributed by atoms with Crippen LogP contribution in [0, 0.1) is 20.8 Å². The fourth-order valence-electron chi connectivity index (χ4n) is 12.3. The zero-order valence-corrected chi connectivity index (χ0v) is 51.4. The third-order valence-electron chi connectivity index (χ3n) is 17.0. The van der Waals surface area contributed by atoms with Crippen LogP contribution in [0.5, 0.6) is 0 Å². The number of hydrogen-bond donors (Lipinski definition) is 0. The molecule has 0 aliphatic heterocycles. The summed E-state index contributed by atoms with van der Waals surface area (Å²) in [6.45, 7) is 6.43. The van der Waals surface area contributed by atoms with Gasteiger partial charge in [-0.15, -0.1) is 0 Å². The van der Waals surface area contributed by atoms with Crippen LogP contribution < -0.4 is 19.6 Å². The van der Waals surface area contributed by atoms with Gasteiger partial charge in [0.15, 0.2) is 0 Å². The van der Waals surface area contributed by atoms with Crippen molar-refractivity contribution in [2.24, 2.45) is 0 Å². The van der Waals surface area contributed by atoms with Gasteiger partial charge in [-0.25, -0.2) is 0 Å². The molecule has 0 aliphatic carbocycles. The smallest absolute Gasteiger partial charge is 0.0464 e. The van der Waals surface area contributed by atoms with Gasteiger partial charge in [0, 0.05) is 68.2 Å². The molecule has 4 heteroatoms. The second-order valence-corrected chi connectivity index (χ2v) is 23.3. The summed E-state index contributed by atoms with van der Waals surface area (Å²) in [7, 11) is 0. The molecule has 0 spiro atoms. The van der Waals surface area contributed by atoms with Gasteiger partial charge in [0.25, 0.3) is 0 Å². The number of hydrogen-bond acceptors (Lipinski definition) is 4. The third-order valence-corrected chi connectivity index (χ3v) is 17.0. The lowest BCUT2D eigenvalue weighted by molar-refractivity contribution is 1.27. The maximum Gasteiger partial charge on any atom is 0.0464 e. The highest BCUT2D eigenvalue weighted by atomic mass is 15.2. The van der Waals surface area contributed by atoms with Crippen molar-refractivity contribution in [3.05, 3.63) is 375 Å². The molecule has 4 nitrogen and oxygen atoms in total. The maximum absolute atomic E-state index is 2.34. The summed E-state index contributed by atoms with van der Waals surface area (Å²) in [5, 5.41) is 0. The normalized spacial score (nSPS) is 11.0. The molecule has 0 unspecified atom stereocenters. The van der Waals surface area contributed by atoms with E-state index in [4.69, 9.17) is 0 Å². The van der Waals surface area contributed by atoms with Crippen molar-refractivity contribution in [1.29, 1.82) is 0 Å². The average molecular weight is 1170 g/mol. The minimum atomic E-state index is 1.08. The minimum absolute atomic E-state index is 1.08. The van der Waals surface area contributed by atoms with E-state index >= 15 is 0 Å². The third kappa shape index (κ3) is 12.6. The number of para-hydroxylation sites is 4. The molecule has 0 bridgehead atoms. The maximum atomic E-state index is 2.34. The largest absolute Gasteiger partial charge is 0.311 e. The lowest BCUT2D eigenvalue weighted by Gasteiger charge is -2.26. The highest BCUT2D eigenvalue weighted by molar-refractivity contribution is 5.87. The standard InChI is InChI=1S/C87H68N4/c1-63-30-32-70(33-31-63)73-60-74(71-42-54-82(55-43-71)88(76-20-8-4-9-21-76)80-46-34-66(35-47-80)68-38-50-84(51-39-68)90(78-24-12-6-13-25-78)86-28-16-18-64(2)58-86)62-75(61-73)72-44-56-83(57-45-72)89(77-22-10-5-11-23-77)81-48-36-67(37-49-81)69-40-52-85(53-41-69)91(79-26-14-7-15-27-79)87-29-17-19-65(3)59-87/h4-62H,1-3H3. The van der Waals surface area contributed by atoms with Gasteiger partial charge in [-0.3, -0.25) is 0 Å². The predicted molar refractivity (Wildman–Crippen MR) is 387 cm³/mol. The van der Waals surface area contributed by atoms with Crippen molar-refractivity contribution in [1.82, 2.24) is 0 Å². The Morgan fingerprint density at radius 2 is 0.319 bits per heavy atom. The Kier molecular flexibility index (Phi) is 16.3. The van der Waals surface area contributed by atoms with Crippen LogP contribution >= 0.6 is 0 Å². The molecule has 0 saturated carbocycles. The molecule has 0 amide bonds. The summed E-state index contributed by atoms with van der Waals surface area (Å²) in [5.41, 5.74) is 28.5. The van der Waals surface area contributed by atoms with Crippen molar-refractivity contribution in [2.45, 2.75) is 20.8 Å². The van der Waals surface area contributed by atoms with E-state index in [1.807, 2.05) is 0 Å². The summed E-state index contributed by atoms with van der Waals surface area (Å²) in [6, 6.07) is 129. The topological polar surface area (TPSA) is 13.0 Å². The quantitative estimate of drug-likeness (QED) is 0.0901. The van der Waals surface area contributed by atoms with Gasteiger partial charge in [-0.1, -0.05) is 200 Å². The van der Waals surface area contributed by atoms with Gasteiger partial charge in [-0.05, 0) is 251 Å². The number of aryl methyl sites for hydroxylation is 3. The first-order valence-corrected chi connectivity index (χ1v) is 31.2. The highest BCUT2D eigenvalue weighted by Gasteiger charge is 2.19. The molecule has 0 heterocycles. The van der Waals surface area contributed by atoms with E-state index in [-0.39, 0.29) is 0 Å². The molecular formula is C87H68N4. The number of anilines is 12. The summed E-state index contributed by atoms with van der Waals surface area (Å²) >= 11 is 0. The predicted octanol–water partition coefficient (Wildman–Crippen LogP) is 24.8. The average Bonchev–Trinajstić information content (AvgIpc) is 2.09. The van der Waals surface area contributed by atoms with E-state index in [1.54, 1.807) is 0 Å². The van der Waals surface area contributed by atoms with Crippen LogP contribution in [0.1, 0.15) is 16.7 Å². The van der Waals surface area contributed by atoms with Crippen molar-refractivity contribution in [3.8, 4) is 55.6 Å². The molecule has 0 aromatic heterocycles. The Morgan fingerprint density at radius 1 is 0.132 bits per heavy atom. The highest BCUT2D eigenvalue weighted by Crippen LogP contribution is 2.43. The Hall–Kier alpha value is -11.7. The Balaban J connectivity index is 0.739. The van der Waals surface area contributed by atoms with Crippen LogP contribution in [-0.4, -0.2) is 0 Å². The van der Waals surface area contributed by atoms with Crippen molar-refractivity contribution in [2.75, 3.05) is 19.6 Å². The fourth-order valence-corrected chi connectivity index (χ4v) is 12.3. The van der Waals surface area contributed by atoms with Gasteiger partial charge in [-0.2, -0.15) is 0 Å². The lowest BCUT2D eigenvalue weighted by Crippen LogP contribution is -2.10. The van der Waals surface area contributed by atoms with Crippen LogP contribution in [0.2, 0.25) is 0 Å². The molecule has 14 aromatic carbocycles. The monoisotopic (exact) mass is 1170 g/mol. The number of rotatable bonds is 17. The number of nitrogens with zero attached hydrogens (tertiary/aromatic N) is 4. The van der Waals surface area contributed by atoms with Gasteiger partial charge in [0.1, 0.15) is 0 Å². The lowest BCUT2D eigenvalue weighted by atomic mass is 9.93. The Morgan fingerprint density at radius 3 is 0.549 bits per heavy atom. The molecule has 14 rings (SSSR count). The molecule has 91 heavy (non-hydrogen) atoms. The second kappa shape index (κ2) is 25.9. The molecule has 0 radical (unpaired) electrons. The molecule has 0 aliphatic rings. The van der Waals surface area contributed by atoms with E-state index in [0.717, 1.165) is 113 Å². The molecule has 0 N–H and O–H groups in total. The van der Waals surface area contributed by atoms with Crippen LogP contribution in [0.15, 0.2) is 358 Å². The van der Waals surface area contributed by atoms with Crippen molar-refractivity contribution in [3.63, 3.8) is 0 Å². The molecule has 0 saturated heterocycles. The molecular weight excluding hydrogens is 1100 g/mol. The molecule has 436 valence electrons. The van der Waals surface area contributed by atoms with E-state index < -0.39 is 0 Å². The van der Waals surface area contributed by atoms with Crippen LogP contribution in [0.4, 0.5) is 68.2 Å². The van der Waals surface area contributed by atoms with Gasteiger partial charge < -0.3 is 19.6 Å². The van der Waals surface area contributed by atoms with Gasteiger partial charge >= 0.3 is 0 Å². The Bertz CT molecular complexity index is 4430. The van der Waals surface area contributed by atoms with Crippen molar-refractivity contribution < 1.29 is 0 Å².